The highest BCUT2D eigenvalue weighted by molar-refractivity contribution is 5.89. The van der Waals surface area contributed by atoms with E-state index in [0.717, 1.165) is 22.6 Å². The SMILES string of the molecule is Cc1cccc(-n2c(C)cc(CNC(=O)Nc3ccc(C)c(F)c3)c2C)c1. The first-order valence-corrected chi connectivity index (χ1v) is 8.91. The van der Waals surface area contributed by atoms with Gasteiger partial charge in [0, 0.05) is 29.3 Å². The number of benzene rings is 2. The molecule has 5 heteroatoms. The molecule has 140 valence electrons. The van der Waals surface area contributed by atoms with E-state index in [-0.39, 0.29) is 11.8 Å². The van der Waals surface area contributed by atoms with Gasteiger partial charge in [0.1, 0.15) is 5.82 Å². The molecule has 0 aliphatic carbocycles. The highest BCUT2D eigenvalue weighted by Crippen LogP contribution is 2.21. The van der Waals surface area contributed by atoms with E-state index in [1.54, 1.807) is 19.1 Å². The van der Waals surface area contributed by atoms with Gasteiger partial charge >= 0.3 is 6.03 Å². The van der Waals surface area contributed by atoms with Crippen LogP contribution >= 0.6 is 0 Å². The number of hydrogen-bond acceptors (Lipinski definition) is 1. The van der Waals surface area contributed by atoms with Crippen molar-refractivity contribution in [1.29, 1.82) is 0 Å². The summed E-state index contributed by atoms with van der Waals surface area (Å²) in [7, 11) is 0. The number of rotatable bonds is 4. The molecule has 0 radical (unpaired) electrons. The number of hydrogen-bond donors (Lipinski definition) is 2. The lowest BCUT2D eigenvalue weighted by molar-refractivity contribution is 0.251. The van der Waals surface area contributed by atoms with Crippen molar-refractivity contribution >= 4 is 11.7 Å². The number of nitrogens with zero attached hydrogens (tertiary/aromatic N) is 1. The number of nitrogens with one attached hydrogen (secondary N) is 2. The number of halogens is 1. The summed E-state index contributed by atoms with van der Waals surface area (Å²) in [6.07, 6.45) is 0. The second kappa shape index (κ2) is 7.66. The molecule has 0 aliphatic heterocycles. The molecule has 2 aromatic carbocycles. The van der Waals surface area contributed by atoms with Gasteiger partial charge in [0.2, 0.25) is 0 Å². The third kappa shape index (κ3) is 4.19. The third-order valence-corrected chi connectivity index (χ3v) is 4.66. The molecule has 2 amide bonds. The fourth-order valence-electron chi connectivity index (χ4n) is 3.19. The Bertz CT molecular complexity index is 991. The van der Waals surface area contributed by atoms with Gasteiger partial charge in [-0.15, -0.1) is 0 Å². The van der Waals surface area contributed by atoms with Crippen LogP contribution in [0.15, 0.2) is 48.5 Å². The lowest BCUT2D eigenvalue weighted by Gasteiger charge is -2.11. The van der Waals surface area contributed by atoms with Gasteiger partial charge in [-0.2, -0.15) is 0 Å². The molecule has 0 saturated carbocycles. The summed E-state index contributed by atoms with van der Waals surface area (Å²) in [5.74, 6) is -0.338. The largest absolute Gasteiger partial charge is 0.334 e. The number of carbonyl (C=O) groups is 1. The zero-order valence-corrected chi connectivity index (χ0v) is 16.1. The standard InChI is InChI=1S/C22H24FN3O/c1-14-6-5-7-20(10-14)26-16(3)11-18(17(26)4)13-24-22(27)25-19-9-8-15(2)21(23)12-19/h5-12H,13H2,1-4H3,(H2,24,25,27). The maximum atomic E-state index is 13.6. The predicted molar refractivity (Wildman–Crippen MR) is 107 cm³/mol. The molecule has 0 bridgehead atoms. The Kier molecular flexibility index (Phi) is 5.31. The second-order valence-corrected chi connectivity index (χ2v) is 6.84. The van der Waals surface area contributed by atoms with Crippen LogP contribution in [0.2, 0.25) is 0 Å². The molecule has 3 aromatic rings. The van der Waals surface area contributed by atoms with Crippen molar-refractivity contribution in [3.8, 4) is 5.69 Å². The lowest BCUT2D eigenvalue weighted by Crippen LogP contribution is -2.28. The summed E-state index contributed by atoms with van der Waals surface area (Å²) in [6.45, 7) is 8.24. The monoisotopic (exact) mass is 365 g/mol. The summed E-state index contributed by atoms with van der Waals surface area (Å²) in [6, 6.07) is 14.7. The van der Waals surface area contributed by atoms with Gasteiger partial charge in [-0.25, -0.2) is 9.18 Å². The molecule has 0 unspecified atom stereocenters. The van der Waals surface area contributed by atoms with Crippen LogP contribution in [-0.2, 0) is 6.54 Å². The van der Waals surface area contributed by atoms with Crippen molar-refractivity contribution in [3.63, 3.8) is 0 Å². The number of aromatic nitrogens is 1. The van der Waals surface area contributed by atoms with Crippen LogP contribution in [0, 0.1) is 33.5 Å². The molecule has 4 nitrogen and oxygen atoms in total. The first-order chi connectivity index (χ1) is 12.8. The molecule has 0 saturated heterocycles. The van der Waals surface area contributed by atoms with Crippen LogP contribution in [0.5, 0.6) is 0 Å². The predicted octanol–water partition coefficient (Wildman–Crippen LogP) is 5.17. The van der Waals surface area contributed by atoms with Gasteiger partial charge in [0.15, 0.2) is 0 Å². The zero-order valence-electron chi connectivity index (χ0n) is 16.1. The Morgan fingerprint density at radius 1 is 1.04 bits per heavy atom. The van der Waals surface area contributed by atoms with Gasteiger partial charge in [-0.1, -0.05) is 18.2 Å². The van der Waals surface area contributed by atoms with Crippen molar-refractivity contribution in [1.82, 2.24) is 9.88 Å². The highest BCUT2D eigenvalue weighted by Gasteiger charge is 2.12. The second-order valence-electron chi connectivity index (χ2n) is 6.84. The van der Waals surface area contributed by atoms with E-state index in [1.165, 1.54) is 11.6 Å². The fraction of sp³-hybridized carbons (Fsp3) is 0.227. The average molecular weight is 365 g/mol. The van der Waals surface area contributed by atoms with E-state index >= 15 is 0 Å². The van der Waals surface area contributed by atoms with E-state index < -0.39 is 0 Å². The van der Waals surface area contributed by atoms with E-state index in [0.29, 0.717) is 17.8 Å². The number of urea groups is 1. The lowest BCUT2D eigenvalue weighted by atomic mass is 10.2. The number of aryl methyl sites for hydroxylation is 3. The zero-order chi connectivity index (χ0) is 19.6. The highest BCUT2D eigenvalue weighted by atomic mass is 19.1. The number of amides is 2. The Balaban J connectivity index is 1.70. The number of anilines is 1. The smallest absolute Gasteiger partial charge is 0.319 e. The van der Waals surface area contributed by atoms with Crippen LogP contribution in [0.1, 0.15) is 28.1 Å². The molecule has 2 N–H and O–H groups in total. The van der Waals surface area contributed by atoms with Crippen molar-refractivity contribution in [2.45, 2.75) is 34.2 Å². The minimum atomic E-state index is -0.362. The summed E-state index contributed by atoms with van der Waals surface area (Å²) in [5, 5.41) is 5.50. The van der Waals surface area contributed by atoms with E-state index in [1.807, 2.05) is 19.9 Å². The quantitative estimate of drug-likeness (QED) is 0.658. The summed E-state index contributed by atoms with van der Waals surface area (Å²) < 4.78 is 15.8. The molecule has 1 aromatic heterocycles. The molecule has 27 heavy (non-hydrogen) atoms. The van der Waals surface area contributed by atoms with E-state index in [2.05, 4.69) is 46.4 Å². The first kappa shape index (κ1) is 18.7. The average Bonchev–Trinajstić information content (AvgIpc) is 2.90. The van der Waals surface area contributed by atoms with Gasteiger partial charge in [0.05, 0.1) is 0 Å². The molecule has 3 rings (SSSR count). The van der Waals surface area contributed by atoms with Crippen LogP contribution in [0.3, 0.4) is 0 Å². The molecular formula is C22H24FN3O. The maximum absolute atomic E-state index is 13.6. The molecule has 1 heterocycles. The van der Waals surface area contributed by atoms with Gasteiger partial charge in [-0.05, 0) is 74.7 Å². The molecule has 0 aliphatic rings. The number of carbonyl (C=O) groups excluding carboxylic acids is 1. The van der Waals surface area contributed by atoms with Crippen LogP contribution in [0.25, 0.3) is 5.69 Å². The van der Waals surface area contributed by atoms with Crippen molar-refractivity contribution in [2.75, 3.05) is 5.32 Å². The molecule has 0 fully saturated rings. The fourth-order valence-corrected chi connectivity index (χ4v) is 3.19. The first-order valence-electron chi connectivity index (χ1n) is 8.91. The normalized spacial score (nSPS) is 10.7. The Labute approximate surface area is 159 Å². The maximum Gasteiger partial charge on any atom is 0.319 e. The Hall–Kier alpha value is -3.08. The van der Waals surface area contributed by atoms with E-state index in [9.17, 15) is 9.18 Å². The van der Waals surface area contributed by atoms with Crippen molar-refractivity contribution in [2.24, 2.45) is 0 Å². The Morgan fingerprint density at radius 3 is 2.52 bits per heavy atom. The van der Waals surface area contributed by atoms with Crippen molar-refractivity contribution in [3.05, 3.63) is 82.4 Å². The molecule has 0 spiro atoms. The minimum absolute atomic E-state index is 0.338. The van der Waals surface area contributed by atoms with Crippen LogP contribution in [0.4, 0.5) is 14.9 Å². The summed E-state index contributed by atoms with van der Waals surface area (Å²) in [4.78, 5) is 12.1. The summed E-state index contributed by atoms with van der Waals surface area (Å²) >= 11 is 0. The molecule has 0 atom stereocenters. The topological polar surface area (TPSA) is 46.1 Å². The Morgan fingerprint density at radius 2 is 1.81 bits per heavy atom. The third-order valence-electron chi connectivity index (χ3n) is 4.66. The van der Waals surface area contributed by atoms with Crippen LogP contribution in [-0.4, -0.2) is 10.6 Å². The van der Waals surface area contributed by atoms with Crippen LogP contribution < -0.4 is 10.6 Å². The van der Waals surface area contributed by atoms with Gasteiger partial charge in [0.25, 0.3) is 0 Å². The van der Waals surface area contributed by atoms with Gasteiger partial charge < -0.3 is 15.2 Å². The molecular weight excluding hydrogens is 341 g/mol. The summed E-state index contributed by atoms with van der Waals surface area (Å²) in [5.41, 5.74) is 6.51. The van der Waals surface area contributed by atoms with Gasteiger partial charge in [-0.3, -0.25) is 0 Å². The van der Waals surface area contributed by atoms with E-state index in [4.69, 9.17) is 0 Å². The van der Waals surface area contributed by atoms with Crippen molar-refractivity contribution < 1.29 is 9.18 Å². The minimum Gasteiger partial charge on any atom is -0.334 e.